The van der Waals surface area contributed by atoms with Gasteiger partial charge in [-0.25, -0.2) is 0 Å². The molecule has 0 bridgehead atoms. The summed E-state index contributed by atoms with van der Waals surface area (Å²) in [6, 6.07) is 0. The molecule has 1 saturated heterocycles. The monoisotopic (exact) mass is 296 g/mol. The van der Waals surface area contributed by atoms with Crippen LogP contribution in [0.1, 0.15) is 12.8 Å². The van der Waals surface area contributed by atoms with Crippen molar-refractivity contribution in [1.29, 1.82) is 0 Å². The van der Waals surface area contributed by atoms with Crippen LogP contribution in [0.2, 0.25) is 0 Å². The maximum absolute atomic E-state index is 11.0. The fourth-order valence-corrected chi connectivity index (χ4v) is 1.28. The molecule has 1 N–H and O–H groups in total. The lowest BCUT2D eigenvalue weighted by atomic mass is 10.4. The Labute approximate surface area is 89.0 Å². The first-order chi connectivity index (χ1) is 6.15. The second-order valence-corrected chi connectivity index (χ2v) is 3.37. The molecule has 13 heavy (non-hydrogen) atoms. The molecule has 0 unspecified atom stereocenters. The molecular formula is C7H9IN2O3. The second kappa shape index (κ2) is 4.54. The lowest BCUT2D eigenvalue weighted by Crippen LogP contribution is -2.40. The standard InChI is InChI=1S/C7H9IN2O3/c8-3-5(11)9-4-10-6(12)1-2-7(10)13/h1-4H2,(H,9,11). The number of carbonyl (C=O) groups excluding carboxylic acids is 3. The Morgan fingerprint density at radius 2 is 1.92 bits per heavy atom. The van der Waals surface area contributed by atoms with Crippen molar-refractivity contribution in [1.82, 2.24) is 10.2 Å². The number of likely N-dealkylation sites (tertiary alicyclic amines) is 1. The molecule has 1 aliphatic rings. The van der Waals surface area contributed by atoms with Crippen molar-refractivity contribution < 1.29 is 14.4 Å². The molecule has 1 heterocycles. The zero-order chi connectivity index (χ0) is 9.84. The number of hydrogen-bond donors (Lipinski definition) is 1. The lowest BCUT2D eigenvalue weighted by Gasteiger charge is -2.13. The Bertz CT molecular complexity index is 238. The van der Waals surface area contributed by atoms with Crippen molar-refractivity contribution in [3.8, 4) is 0 Å². The number of nitrogens with one attached hydrogen (secondary N) is 1. The number of amides is 3. The van der Waals surface area contributed by atoms with Crippen molar-refractivity contribution in [2.75, 3.05) is 11.1 Å². The van der Waals surface area contributed by atoms with Crippen LogP contribution in [0.4, 0.5) is 0 Å². The summed E-state index contributed by atoms with van der Waals surface area (Å²) in [4.78, 5) is 34.0. The van der Waals surface area contributed by atoms with Crippen LogP contribution in [0.3, 0.4) is 0 Å². The van der Waals surface area contributed by atoms with Gasteiger partial charge in [0.25, 0.3) is 0 Å². The van der Waals surface area contributed by atoms with Crippen molar-refractivity contribution in [3.63, 3.8) is 0 Å². The van der Waals surface area contributed by atoms with Gasteiger partial charge in [-0.05, 0) is 0 Å². The van der Waals surface area contributed by atoms with Crippen LogP contribution >= 0.6 is 22.6 Å². The third-order valence-corrected chi connectivity index (χ3v) is 2.40. The summed E-state index contributed by atoms with van der Waals surface area (Å²) in [7, 11) is 0. The highest BCUT2D eigenvalue weighted by Crippen LogP contribution is 2.09. The first-order valence-corrected chi connectivity index (χ1v) is 5.33. The van der Waals surface area contributed by atoms with Crippen LogP contribution in [0.15, 0.2) is 0 Å². The van der Waals surface area contributed by atoms with Gasteiger partial charge < -0.3 is 5.32 Å². The van der Waals surface area contributed by atoms with Crippen LogP contribution in [-0.4, -0.2) is 33.7 Å². The van der Waals surface area contributed by atoms with Crippen LogP contribution in [0.25, 0.3) is 0 Å². The summed E-state index contributed by atoms with van der Waals surface area (Å²) in [6.45, 7) is 0.0134. The minimum atomic E-state index is -0.209. The van der Waals surface area contributed by atoms with Gasteiger partial charge in [0, 0.05) is 12.8 Å². The SMILES string of the molecule is O=C(CI)NCN1C(=O)CCC1=O. The van der Waals surface area contributed by atoms with Gasteiger partial charge in [-0.15, -0.1) is 0 Å². The van der Waals surface area contributed by atoms with Crippen molar-refractivity contribution in [2.24, 2.45) is 0 Å². The van der Waals surface area contributed by atoms with Crippen LogP contribution in [0, 0.1) is 0 Å². The molecule has 0 radical (unpaired) electrons. The zero-order valence-corrected chi connectivity index (χ0v) is 9.04. The van der Waals surface area contributed by atoms with E-state index in [-0.39, 0.29) is 37.2 Å². The lowest BCUT2D eigenvalue weighted by molar-refractivity contribution is -0.139. The average molecular weight is 296 g/mol. The van der Waals surface area contributed by atoms with E-state index < -0.39 is 0 Å². The van der Waals surface area contributed by atoms with E-state index in [1.54, 1.807) is 0 Å². The van der Waals surface area contributed by atoms with Gasteiger partial charge in [-0.1, -0.05) is 22.6 Å². The normalized spacial score (nSPS) is 16.5. The quantitative estimate of drug-likeness (QED) is 0.439. The fourth-order valence-electron chi connectivity index (χ4n) is 1.01. The number of halogens is 1. The molecule has 0 aromatic rings. The van der Waals surface area contributed by atoms with Gasteiger partial charge in [0.05, 0.1) is 4.43 Å². The number of hydrogen-bond acceptors (Lipinski definition) is 3. The summed E-state index contributed by atoms with van der Waals surface area (Å²) in [6.07, 6.45) is 0.526. The second-order valence-electron chi connectivity index (χ2n) is 2.61. The highest BCUT2D eigenvalue weighted by atomic mass is 127. The third kappa shape index (κ3) is 2.64. The van der Waals surface area contributed by atoms with Crippen LogP contribution in [-0.2, 0) is 14.4 Å². The van der Waals surface area contributed by atoms with Gasteiger partial charge in [-0.3, -0.25) is 19.3 Å². The van der Waals surface area contributed by atoms with E-state index in [1.807, 2.05) is 22.6 Å². The molecular weight excluding hydrogens is 287 g/mol. The van der Waals surface area contributed by atoms with Gasteiger partial charge in [0.15, 0.2) is 0 Å². The Morgan fingerprint density at radius 3 is 2.38 bits per heavy atom. The summed E-state index contributed by atoms with van der Waals surface area (Å²) in [5.41, 5.74) is 0. The number of nitrogens with zero attached hydrogens (tertiary/aromatic N) is 1. The van der Waals surface area contributed by atoms with Gasteiger partial charge >= 0.3 is 0 Å². The molecule has 72 valence electrons. The van der Waals surface area contributed by atoms with E-state index in [0.29, 0.717) is 4.43 Å². The molecule has 0 atom stereocenters. The molecule has 0 saturated carbocycles. The minimum Gasteiger partial charge on any atom is -0.337 e. The summed E-state index contributed by atoms with van der Waals surface area (Å²) in [5.74, 6) is -0.592. The minimum absolute atomic E-state index is 0.0134. The largest absolute Gasteiger partial charge is 0.337 e. The van der Waals surface area contributed by atoms with Crippen LogP contribution < -0.4 is 5.32 Å². The predicted molar refractivity (Wildman–Crippen MR) is 53.0 cm³/mol. The highest BCUT2D eigenvalue weighted by molar-refractivity contribution is 14.1. The number of rotatable bonds is 3. The Hall–Kier alpha value is -0.660. The molecule has 1 aliphatic heterocycles. The van der Waals surface area contributed by atoms with Gasteiger partial charge in [0.2, 0.25) is 17.7 Å². The van der Waals surface area contributed by atoms with E-state index in [2.05, 4.69) is 5.32 Å². The highest BCUT2D eigenvalue weighted by Gasteiger charge is 2.28. The van der Waals surface area contributed by atoms with Crippen molar-refractivity contribution in [3.05, 3.63) is 0 Å². The number of imide groups is 1. The van der Waals surface area contributed by atoms with E-state index in [1.165, 1.54) is 0 Å². The summed E-state index contributed by atoms with van der Waals surface area (Å²) in [5, 5.41) is 2.47. The first-order valence-electron chi connectivity index (χ1n) is 3.81. The maximum Gasteiger partial charge on any atom is 0.231 e. The first kappa shape index (κ1) is 10.4. The van der Waals surface area contributed by atoms with E-state index in [0.717, 1.165) is 4.90 Å². The smallest absolute Gasteiger partial charge is 0.231 e. The van der Waals surface area contributed by atoms with Gasteiger partial charge in [0.1, 0.15) is 6.67 Å². The molecule has 1 fully saturated rings. The molecule has 0 spiro atoms. The number of alkyl halides is 1. The predicted octanol–water partition coefficient (Wildman–Crippen LogP) is -0.356. The maximum atomic E-state index is 11.0. The fraction of sp³-hybridized carbons (Fsp3) is 0.571. The van der Waals surface area contributed by atoms with Crippen LogP contribution in [0.5, 0.6) is 0 Å². The molecule has 5 nitrogen and oxygen atoms in total. The molecule has 1 rings (SSSR count). The number of carbonyl (C=O) groups is 3. The molecule has 6 heteroatoms. The van der Waals surface area contributed by atoms with Crippen molar-refractivity contribution >= 4 is 40.3 Å². The molecule has 3 amide bonds. The summed E-state index contributed by atoms with van der Waals surface area (Å²) >= 11 is 1.91. The Morgan fingerprint density at radius 1 is 1.38 bits per heavy atom. The van der Waals surface area contributed by atoms with E-state index >= 15 is 0 Å². The zero-order valence-electron chi connectivity index (χ0n) is 6.88. The topological polar surface area (TPSA) is 66.5 Å². The van der Waals surface area contributed by atoms with E-state index in [4.69, 9.17) is 0 Å². The molecule has 0 aliphatic carbocycles. The summed E-state index contributed by atoms with van der Waals surface area (Å²) < 4.78 is 0.327. The average Bonchev–Trinajstić information content (AvgIpc) is 2.43. The van der Waals surface area contributed by atoms with E-state index in [9.17, 15) is 14.4 Å². The Balaban J connectivity index is 2.40. The Kier molecular flexibility index (Phi) is 3.64. The van der Waals surface area contributed by atoms with Crippen molar-refractivity contribution in [2.45, 2.75) is 12.8 Å². The van der Waals surface area contributed by atoms with Gasteiger partial charge in [-0.2, -0.15) is 0 Å². The third-order valence-electron chi connectivity index (χ3n) is 1.71. The molecule has 0 aromatic carbocycles. The molecule has 0 aromatic heterocycles.